The molecule has 0 aliphatic carbocycles. The van der Waals surface area contributed by atoms with Crippen LogP contribution in [-0.4, -0.2) is 44.4 Å². The molecule has 1 heterocycles. The van der Waals surface area contributed by atoms with E-state index >= 15 is 0 Å². The summed E-state index contributed by atoms with van der Waals surface area (Å²) in [7, 11) is 2.40. The first-order valence-corrected chi connectivity index (χ1v) is 7.32. The van der Waals surface area contributed by atoms with Crippen LogP contribution in [0.15, 0.2) is 23.4 Å². The first-order valence-electron chi connectivity index (χ1n) is 7.32. The van der Waals surface area contributed by atoms with Gasteiger partial charge in [0.05, 0.1) is 31.3 Å². The lowest BCUT2D eigenvalue weighted by Crippen LogP contribution is -2.39. The predicted octanol–water partition coefficient (Wildman–Crippen LogP) is 1.61. The first-order chi connectivity index (χ1) is 11.8. The number of ether oxygens (including phenoxy) is 3. The fourth-order valence-electron chi connectivity index (χ4n) is 2.78. The van der Waals surface area contributed by atoms with E-state index in [1.165, 1.54) is 31.3 Å². The Balaban J connectivity index is 2.66. The zero-order chi connectivity index (χ0) is 18.7. The van der Waals surface area contributed by atoms with Crippen molar-refractivity contribution >= 4 is 23.3 Å². The highest BCUT2D eigenvalue weighted by Crippen LogP contribution is 2.34. The number of nitrogens with zero attached hydrogens (tertiary/aromatic N) is 2. The Morgan fingerprint density at radius 3 is 2.20 bits per heavy atom. The number of anilines is 1. The molecule has 1 aliphatic heterocycles. The molecule has 0 saturated carbocycles. The Hall–Kier alpha value is -2.94. The lowest BCUT2D eigenvalue weighted by Gasteiger charge is -2.33. The molecule has 0 saturated heterocycles. The van der Waals surface area contributed by atoms with Gasteiger partial charge in [0.2, 0.25) is 0 Å². The first kappa shape index (κ1) is 18.4. The Morgan fingerprint density at radius 1 is 1.16 bits per heavy atom. The third-order valence-corrected chi connectivity index (χ3v) is 3.79. The minimum absolute atomic E-state index is 0.000605. The van der Waals surface area contributed by atoms with E-state index in [9.17, 15) is 19.7 Å². The maximum atomic E-state index is 12.3. The molecule has 25 heavy (non-hydrogen) atoms. The van der Waals surface area contributed by atoms with Gasteiger partial charge in [-0.05, 0) is 25.0 Å². The fraction of sp³-hybridized carbons (Fsp3) is 0.375. The summed E-state index contributed by atoms with van der Waals surface area (Å²) in [4.78, 5) is 36.3. The molecule has 0 fully saturated rings. The minimum atomic E-state index is -0.721. The van der Waals surface area contributed by atoms with E-state index in [2.05, 4.69) is 0 Å². The number of benzene rings is 1. The summed E-state index contributed by atoms with van der Waals surface area (Å²) in [6.45, 7) is 3.25. The molecule has 134 valence electrons. The van der Waals surface area contributed by atoms with Crippen molar-refractivity contribution in [3.63, 3.8) is 0 Å². The average Bonchev–Trinajstić information content (AvgIpc) is 2.59. The molecule has 0 N–H and O–H groups in total. The van der Waals surface area contributed by atoms with Gasteiger partial charge in [-0.2, -0.15) is 0 Å². The number of nitro groups is 1. The van der Waals surface area contributed by atoms with Gasteiger partial charge in [-0.1, -0.05) is 0 Å². The third kappa shape index (κ3) is 3.45. The number of carbonyl (C=O) groups excluding carboxylic acids is 2. The van der Waals surface area contributed by atoms with Gasteiger partial charge in [0, 0.05) is 17.8 Å². The van der Waals surface area contributed by atoms with Crippen molar-refractivity contribution < 1.29 is 28.7 Å². The molecular formula is C16H18N2O7. The molecule has 0 unspecified atom stereocenters. The normalized spacial score (nSPS) is 14.3. The Morgan fingerprint density at radius 2 is 1.72 bits per heavy atom. The second kappa shape index (κ2) is 7.31. The maximum Gasteiger partial charge on any atom is 0.355 e. The van der Waals surface area contributed by atoms with Crippen LogP contribution < -0.4 is 4.90 Å². The van der Waals surface area contributed by atoms with E-state index in [1.807, 2.05) is 0 Å². The van der Waals surface area contributed by atoms with Crippen LogP contribution in [0.3, 0.4) is 0 Å². The summed E-state index contributed by atoms with van der Waals surface area (Å²) < 4.78 is 14.9. The Kier molecular flexibility index (Phi) is 5.38. The van der Waals surface area contributed by atoms with E-state index in [0.29, 0.717) is 16.8 Å². The van der Waals surface area contributed by atoms with Gasteiger partial charge in [0.1, 0.15) is 12.4 Å². The molecule has 0 radical (unpaired) electrons. The lowest BCUT2D eigenvalue weighted by molar-refractivity contribution is -0.384. The number of nitro benzene ring substituents is 1. The number of aryl methyl sites for hydroxylation is 2. The maximum absolute atomic E-state index is 12.3. The molecule has 1 aliphatic rings. The highest BCUT2D eigenvalue weighted by Gasteiger charge is 2.34. The summed E-state index contributed by atoms with van der Waals surface area (Å²) in [5.41, 5.74) is 1.62. The Labute approximate surface area is 143 Å². The standard InChI is InChI=1S/C16H18N2O7/c1-9-5-11(18(21)22)6-10(2)13(9)17-8-25-7-12(15(19)23-3)14(17)16(20)24-4/h5-6H,7-8H2,1-4H3. The molecule has 0 aromatic heterocycles. The predicted molar refractivity (Wildman–Crippen MR) is 86.9 cm³/mol. The second-order valence-corrected chi connectivity index (χ2v) is 5.40. The molecular weight excluding hydrogens is 332 g/mol. The van der Waals surface area contributed by atoms with Crippen molar-refractivity contribution in [2.75, 3.05) is 32.5 Å². The number of rotatable bonds is 4. The van der Waals surface area contributed by atoms with Gasteiger partial charge >= 0.3 is 11.9 Å². The quantitative estimate of drug-likeness (QED) is 0.458. The van der Waals surface area contributed by atoms with Gasteiger partial charge in [-0.15, -0.1) is 0 Å². The van der Waals surface area contributed by atoms with Gasteiger partial charge < -0.3 is 19.1 Å². The molecule has 2 rings (SSSR count). The van der Waals surface area contributed by atoms with E-state index < -0.39 is 16.9 Å². The summed E-state index contributed by atoms with van der Waals surface area (Å²) >= 11 is 0. The molecule has 0 spiro atoms. The van der Waals surface area contributed by atoms with Crippen molar-refractivity contribution in [1.29, 1.82) is 0 Å². The minimum Gasteiger partial charge on any atom is -0.466 e. The largest absolute Gasteiger partial charge is 0.466 e. The molecule has 1 aromatic carbocycles. The summed E-state index contributed by atoms with van der Waals surface area (Å²) in [5.74, 6) is -1.43. The summed E-state index contributed by atoms with van der Waals surface area (Å²) in [6.07, 6.45) is 0. The van der Waals surface area contributed by atoms with E-state index in [1.54, 1.807) is 13.8 Å². The van der Waals surface area contributed by atoms with Crippen molar-refractivity contribution in [3.05, 3.63) is 44.6 Å². The number of methoxy groups -OCH3 is 2. The van der Waals surface area contributed by atoms with Gasteiger partial charge in [0.25, 0.3) is 5.69 Å². The smallest absolute Gasteiger partial charge is 0.355 e. The third-order valence-electron chi connectivity index (χ3n) is 3.79. The number of esters is 2. The highest BCUT2D eigenvalue weighted by molar-refractivity contribution is 6.03. The molecule has 0 bridgehead atoms. The highest BCUT2D eigenvalue weighted by atomic mass is 16.6. The van der Waals surface area contributed by atoms with E-state index in [4.69, 9.17) is 14.2 Å². The molecule has 9 nitrogen and oxygen atoms in total. The van der Waals surface area contributed by atoms with E-state index in [0.717, 1.165) is 0 Å². The number of hydrogen-bond acceptors (Lipinski definition) is 8. The van der Waals surface area contributed by atoms with Crippen LogP contribution >= 0.6 is 0 Å². The average molecular weight is 350 g/mol. The summed E-state index contributed by atoms with van der Waals surface area (Å²) in [5, 5.41) is 11.0. The van der Waals surface area contributed by atoms with Crippen molar-refractivity contribution in [2.45, 2.75) is 13.8 Å². The number of carbonyl (C=O) groups is 2. The van der Waals surface area contributed by atoms with Crippen LogP contribution in [0.2, 0.25) is 0 Å². The molecule has 0 amide bonds. The Bertz CT molecular complexity index is 747. The zero-order valence-electron chi connectivity index (χ0n) is 14.3. The van der Waals surface area contributed by atoms with Crippen molar-refractivity contribution in [1.82, 2.24) is 0 Å². The van der Waals surface area contributed by atoms with Crippen LogP contribution in [0, 0.1) is 24.0 Å². The monoisotopic (exact) mass is 350 g/mol. The summed E-state index contributed by atoms with van der Waals surface area (Å²) in [6, 6.07) is 2.79. The van der Waals surface area contributed by atoms with Crippen molar-refractivity contribution in [3.8, 4) is 0 Å². The molecule has 0 atom stereocenters. The van der Waals surface area contributed by atoms with Crippen LogP contribution in [0.25, 0.3) is 0 Å². The number of hydrogen-bond donors (Lipinski definition) is 0. The fourth-order valence-corrected chi connectivity index (χ4v) is 2.78. The van der Waals surface area contributed by atoms with Crippen LogP contribution in [0.1, 0.15) is 11.1 Å². The second-order valence-electron chi connectivity index (χ2n) is 5.40. The number of non-ortho nitro benzene ring substituents is 1. The molecule has 9 heteroatoms. The van der Waals surface area contributed by atoms with Crippen LogP contribution in [-0.2, 0) is 23.8 Å². The van der Waals surface area contributed by atoms with Crippen LogP contribution in [0.5, 0.6) is 0 Å². The van der Waals surface area contributed by atoms with Gasteiger partial charge in [-0.25, -0.2) is 9.59 Å². The topological polar surface area (TPSA) is 108 Å². The lowest BCUT2D eigenvalue weighted by atomic mass is 10.0. The van der Waals surface area contributed by atoms with Gasteiger partial charge in [0.15, 0.2) is 0 Å². The van der Waals surface area contributed by atoms with Gasteiger partial charge in [-0.3, -0.25) is 10.1 Å². The van der Waals surface area contributed by atoms with Crippen LogP contribution in [0.4, 0.5) is 11.4 Å². The van der Waals surface area contributed by atoms with E-state index in [-0.39, 0.29) is 30.3 Å². The SMILES string of the molecule is COC(=O)C1=C(C(=O)OC)N(c2c(C)cc([N+](=O)[O-])cc2C)COC1. The zero-order valence-corrected chi connectivity index (χ0v) is 14.3. The van der Waals surface area contributed by atoms with Crippen molar-refractivity contribution in [2.24, 2.45) is 0 Å². The molecule has 1 aromatic rings.